The zero-order valence-electron chi connectivity index (χ0n) is 12.1. The van der Waals surface area contributed by atoms with Crippen LogP contribution in [0.1, 0.15) is 18.1 Å². The van der Waals surface area contributed by atoms with Crippen LogP contribution in [0.5, 0.6) is 11.5 Å². The van der Waals surface area contributed by atoms with Gasteiger partial charge in [-0.25, -0.2) is 0 Å². The zero-order valence-corrected chi connectivity index (χ0v) is 12.1. The number of ether oxygens (including phenoxy) is 2. The van der Waals surface area contributed by atoms with Crippen molar-refractivity contribution in [3.63, 3.8) is 0 Å². The fraction of sp³-hybridized carbons (Fsp3) is 0.188. The van der Waals surface area contributed by atoms with E-state index in [9.17, 15) is 13.2 Å². The Labute approximate surface area is 130 Å². The summed E-state index contributed by atoms with van der Waals surface area (Å²) in [5.74, 6) is 1.23. The highest BCUT2D eigenvalue weighted by Crippen LogP contribution is 2.35. The quantitative estimate of drug-likeness (QED) is 0.678. The maximum Gasteiger partial charge on any atom is 0.418 e. The first kappa shape index (κ1) is 15.2. The molecule has 1 aliphatic rings. The van der Waals surface area contributed by atoms with E-state index in [1.54, 1.807) is 25.1 Å². The van der Waals surface area contributed by atoms with Crippen molar-refractivity contribution in [1.29, 1.82) is 0 Å². The number of alkyl halides is 3. The van der Waals surface area contributed by atoms with Gasteiger partial charge in [0.1, 0.15) is 0 Å². The maximum absolute atomic E-state index is 12.9. The number of hydrogen-bond donors (Lipinski definition) is 1. The lowest BCUT2D eigenvalue weighted by Gasteiger charge is -2.12. The number of hydrazone groups is 1. The summed E-state index contributed by atoms with van der Waals surface area (Å²) >= 11 is 0. The molecule has 120 valence electrons. The predicted octanol–water partition coefficient (Wildman–Crippen LogP) is 4.27. The molecule has 1 aliphatic heterocycles. The smallest absolute Gasteiger partial charge is 0.418 e. The molecule has 0 aromatic heterocycles. The number of anilines is 1. The van der Waals surface area contributed by atoms with Gasteiger partial charge in [0.05, 0.1) is 17.0 Å². The highest BCUT2D eigenvalue weighted by Gasteiger charge is 2.33. The van der Waals surface area contributed by atoms with Crippen LogP contribution in [0.2, 0.25) is 0 Å². The van der Waals surface area contributed by atoms with Crippen LogP contribution < -0.4 is 14.9 Å². The summed E-state index contributed by atoms with van der Waals surface area (Å²) in [6.07, 6.45) is -4.44. The molecule has 0 atom stereocenters. The molecule has 0 saturated heterocycles. The normalized spacial score (nSPS) is 14.0. The Morgan fingerprint density at radius 3 is 2.61 bits per heavy atom. The average molecular weight is 322 g/mol. The van der Waals surface area contributed by atoms with Gasteiger partial charge in [-0.15, -0.1) is 0 Å². The Morgan fingerprint density at radius 2 is 1.83 bits per heavy atom. The molecule has 2 aromatic rings. The standard InChI is InChI=1S/C16H13F3N2O2/c1-10(11-6-7-14-15(8-11)23-9-22-14)20-21-13-5-3-2-4-12(13)16(17,18)19/h2-8,21H,9H2,1H3. The first-order valence-corrected chi connectivity index (χ1v) is 6.82. The summed E-state index contributed by atoms with van der Waals surface area (Å²) in [6.45, 7) is 1.85. The van der Waals surface area contributed by atoms with Gasteiger partial charge >= 0.3 is 6.18 Å². The molecule has 3 rings (SSSR count). The highest BCUT2D eigenvalue weighted by atomic mass is 19.4. The Kier molecular flexibility index (Phi) is 3.85. The van der Waals surface area contributed by atoms with Gasteiger partial charge in [0.15, 0.2) is 11.5 Å². The van der Waals surface area contributed by atoms with Crippen LogP contribution in [0, 0.1) is 0 Å². The van der Waals surface area contributed by atoms with Crippen molar-refractivity contribution >= 4 is 11.4 Å². The average Bonchev–Trinajstić information content (AvgIpc) is 2.99. The largest absolute Gasteiger partial charge is 0.454 e. The summed E-state index contributed by atoms with van der Waals surface area (Å²) in [5, 5.41) is 4.03. The fourth-order valence-electron chi connectivity index (χ4n) is 2.16. The molecular weight excluding hydrogens is 309 g/mol. The minimum absolute atomic E-state index is 0.0971. The maximum atomic E-state index is 12.9. The van der Waals surface area contributed by atoms with Crippen LogP contribution in [0.25, 0.3) is 0 Å². The SMILES string of the molecule is CC(=NNc1ccccc1C(F)(F)F)c1ccc2c(c1)OCO2. The summed E-state index contributed by atoms with van der Waals surface area (Å²) in [7, 11) is 0. The highest BCUT2D eigenvalue weighted by molar-refractivity contribution is 5.99. The topological polar surface area (TPSA) is 42.9 Å². The number of nitrogens with one attached hydrogen (secondary N) is 1. The summed E-state index contributed by atoms with van der Waals surface area (Å²) in [5.41, 5.74) is 2.88. The predicted molar refractivity (Wildman–Crippen MR) is 79.8 cm³/mol. The van der Waals surface area contributed by atoms with E-state index >= 15 is 0 Å². The molecule has 0 amide bonds. The molecule has 0 spiro atoms. The molecule has 0 unspecified atom stereocenters. The van der Waals surface area contributed by atoms with Crippen LogP contribution in [0.4, 0.5) is 18.9 Å². The minimum Gasteiger partial charge on any atom is -0.454 e. The lowest BCUT2D eigenvalue weighted by atomic mass is 10.1. The number of hydrogen-bond acceptors (Lipinski definition) is 4. The lowest BCUT2D eigenvalue weighted by Crippen LogP contribution is -2.09. The summed E-state index contributed by atoms with van der Waals surface area (Å²) in [6, 6.07) is 10.4. The monoisotopic (exact) mass is 322 g/mol. The third-order valence-corrected chi connectivity index (χ3v) is 3.37. The van der Waals surface area contributed by atoms with Gasteiger partial charge in [-0.2, -0.15) is 18.3 Å². The molecule has 0 saturated carbocycles. The van der Waals surface area contributed by atoms with Gasteiger partial charge in [-0.05, 0) is 37.3 Å². The Balaban J connectivity index is 1.83. The molecular formula is C16H13F3N2O2. The number of nitrogens with zero attached hydrogens (tertiary/aromatic N) is 1. The zero-order chi connectivity index (χ0) is 16.4. The first-order valence-electron chi connectivity index (χ1n) is 6.82. The van der Waals surface area contributed by atoms with Gasteiger partial charge < -0.3 is 9.47 Å². The van der Waals surface area contributed by atoms with Crippen molar-refractivity contribution in [3.8, 4) is 11.5 Å². The number of halogens is 3. The Bertz CT molecular complexity index is 757. The van der Waals surface area contributed by atoms with E-state index in [-0.39, 0.29) is 12.5 Å². The second-order valence-corrected chi connectivity index (χ2v) is 4.92. The Hall–Kier alpha value is -2.70. The van der Waals surface area contributed by atoms with Crippen LogP contribution in [-0.2, 0) is 6.18 Å². The molecule has 0 fully saturated rings. The van der Waals surface area contributed by atoms with Crippen LogP contribution in [0.3, 0.4) is 0 Å². The van der Waals surface area contributed by atoms with Gasteiger partial charge in [-0.3, -0.25) is 5.43 Å². The first-order chi connectivity index (χ1) is 10.9. The number of fused-ring (bicyclic) bond motifs is 1. The van der Waals surface area contributed by atoms with Crippen LogP contribution in [0.15, 0.2) is 47.6 Å². The van der Waals surface area contributed by atoms with Gasteiger partial charge in [0.2, 0.25) is 6.79 Å². The van der Waals surface area contributed by atoms with Crippen molar-refractivity contribution in [1.82, 2.24) is 0 Å². The van der Waals surface area contributed by atoms with E-state index in [0.717, 1.165) is 11.6 Å². The number of rotatable bonds is 3. The van der Waals surface area contributed by atoms with E-state index in [2.05, 4.69) is 10.5 Å². The molecule has 7 heteroatoms. The van der Waals surface area contributed by atoms with Crippen LogP contribution in [-0.4, -0.2) is 12.5 Å². The lowest BCUT2D eigenvalue weighted by molar-refractivity contribution is -0.136. The number of benzene rings is 2. The summed E-state index contributed by atoms with van der Waals surface area (Å²) in [4.78, 5) is 0. The molecule has 1 N–H and O–H groups in total. The van der Waals surface area contributed by atoms with Crippen molar-refractivity contribution in [3.05, 3.63) is 53.6 Å². The molecule has 23 heavy (non-hydrogen) atoms. The van der Waals surface area contributed by atoms with E-state index in [0.29, 0.717) is 17.2 Å². The van der Waals surface area contributed by atoms with Crippen molar-refractivity contribution < 1.29 is 22.6 Å². The minimum atomic E-state index is -4.44. The van der Waals surface area contributed by atoms with Gasteiger partial charge in [0.25, 0.3) is 0 Å². The second kappa shape index (κ2) is 5.83. The molecule has 4 nitrogen and oxygen atoms in total. The molecule has 0 bridgehead atoms. The van der Waals surface area contributed by atoms with Crippen molar-refractivity contribution in [2.45, 2.75) is 13.1 Å². The van der Waals surface area contributed by atoms with E-state index in [4.69, 9.17) is 9.47 Å². The van der Waals surface area contributed by atoms with E-state index in [1.165, 1.54) is 18.2 Å². The molecule has 0 aliphatic carbocycles. The van der Waals surface area contributed by atoms with E-state index in [1.807, 2.05) is 0 Å². The van der Waals surface area contributed by atoms with Gasteiger partial charge in [0, 0.05) is 5.56 Å². The Morgan fingerprint density at radius 1 is 1.09 bits per heavy atom. The summed E-state index contributed by atoms with van der Waals surface area (Å²) < 4.78 is 49.3. The van der Waals surface area contributed by atoms with E-state index < -0.39 is 11.7 Å². The third kappa shape index (κ3) is 3.23. The fourth-order valence-corrected chi connectivity index (χ4v) is 2.16. The molecule has 1 heterocycles. The van der Waals surface area contributed by atoms with Crippen LogP contribution >= 0.6 is 0 Å². The number of para-hydroxylation sites is 1. The molecule has 0 radical (unpaired) electrons. The molecule has 2 aromatic carbocycles. The third-order valence-electron chi connectivity index (χ3n) is 3.37. The van der Waals surface area contributed by atoms with Crippen molar-refractivity contribution in [2.24, 2.45) is 5.10 Å². The van der Waals surface area contributed by atoms with Crippen molar-refractivity contribution in [2.75, 3.05) is 12.2 Å². The second-order valence-electron chi connectivity index (χ2n) is 4.92. The van der Waals surface area contributed by atoms with Gasteiger partial charge in [-0.1, -0.05) is 12.1 Å².